The van der Waals surface area contributed by atoms with Crippen LogP contribution in [-0.4, -0.2) is 35.3 Å². The van der Waals surface area contributed by atoms with Crippen LogP contribution in [0.3, 0.4) is 0 Å². The molecule has 6 nitrogen and oxygen atoms in total. The van der Waals surface area contributed by atoms with E-state index in [1.165, 1.54) is 11.3 Å². The first-order valence-corrected chi connectivity index (χ1v) is 7.68. The molecule has 0 aliphatic heterocycles. The predicted molar refractivity (Wildman–Crippen MR) is 85.3 cm³/mol. The van der Waals surface area contributed by atoms with Crippen LogP contribution in [0.4, 0.5) is 0 Å². The molecule has 116 valence electrons. The fraction of sp³-hybridized carbons (Fsp3) is 0.267. The lowest BCUT2D eigenvalue weighted by Gasteiger charge is -2.17. The van der Waals surface area contributed by atoms with Crippen LogP contribution in [0.15, 0.2) is 35.7 Å². The fourth-order valence-corrected chi connectivity index (χ4v) is 2.49. The summed E-state index contributed by atoms with van der Waals surface area (Å²) in [6, 6.07) is 9.67. The third kappa shape index (κ3) is 4.37. The van der Waals surface area contributed by atoms with Gasteiger partial charge >= 0.3 is 0 Å². The highest BCUT2D eigenvalue weighted by atomic mass is 32.1. The predicted octanol–water partition coefficient (Wildman–Crippen LogP) is 0.990. The molecule has 1 aromatic carbocycles. The van der Waals surface area contributed by atoms with Crippen LogP contribution in [0.1, 0.15) is 21.1 Å². The minimum atomic E-state index is -0.364. The molecule has 2 rings (SSSR count). The van der Waals surface area contributed by atoms with Gasteiger partial charge in [-0.2, -0.15) is 0 Å². The van der Waals surface area contributed by atoms with Gasteiger partial charge in [0, 0.05) is 25.5 Å². The first-order chi connectivity index (χ1) is 10.6. The van der Waals surface area contributed by atoms with E-state index in [2.05, 4.69) is 10.3 Å². The lowest BCUT2D eigenvalue weighted by atomic mass is 10.2. The van der Waals surface area contributed by atoms with Crippen molar-refractivity contribution < 1.29 is 9.59 Å². The number of nitrogens with two attached hydrogens (primary N) is 1. The van der Waals surface area contributed by atoms with Gasteiger partial charge in [0.05, 0.1) is 6.54 Å². The highest BCUT2D eigenvalue weighted by Gasteiger charge is 2.14. The average Bonchev–Trinajstić information content (AvgIpc) is 3.02. The van der Waals surface area contributed by atoms with Gasteiger partial charge in [-0.25, -0.2) is 4.98 Å². The molecule has 0 saturated carbocycles. The highest BCUT2D eigenvalue weighted by molar-refractivity contribution is 7.09. The summed E-state index contributed by atoms with van der Waals surface area (Å²) < 4.78 is 0. The highest BCUT2D eigenvalue weighted by Crippen LogP contribution is 2.08. The summed E-state index contributed by atoms with van der Waals surface area (Å²) in [4.78, 5) is 29.5. The number of benzene rings is 1. The number of nitrogens with one attached hydrogen (secondary N) is 1. The Morgan fingerprint density at radius 1 is 1.32 bits per heavy atom. The van der Waals surface area contributed by atoms with Crippen molar-refractivity contribution in [3.05, 3.63) is 52.0 Å². The van der Waals surface area contributed by atoms with Crippen LogP contribution in [0.2, 0.25) is 0 Å². The molecular weight excluding hydrogens is 300 g/mol. The van der Waals surface area contributed by atoms with Crippen molar-refractivity contribution in [1.82, 2.24) is 15.2 Å². The maximum atomic E-state index is 12.0. The standard InChI is InChI=1S/C15H18N4O2S/c1-19(9-11-5-3-2-4-6-11)14(20)8-17-15(21)12-10-22-13(7-16)18-12/h2-6,10H,7-9,16H2,1H3,(H,17,21). The number of amides is 2. The van der Waals surface area contributed by atoms with Crippen LogP contribution in [-0.2, 0) is 17.9 Å². The van der Waals surface area contributed by atoms with Gasteiger partial charge < -0.3 is 16.0 Å². The molecule has 0 atom stereocenters. The molecule has 0 aliphatic rings. The minimum absolute atomic E-state index is 0.0579. The molecule has 2 amide bonds. The Morgan fingerprint density at radius 3 is 2.68 bits per heavy atom. The molecule has 1 aromatic heterocycles. The third-order valence-corrected chi connectivity index (χ3v) is 3.92. The second-order valence-electron chi connectivity index (χ2n) is 4.75. The van der Waals surface area contributed by atoms with Crippen LogP contribution in [0, 0.1) is 0 Å². The van der Waals surface area contributed by atoms with Crippen LogP contribution in [0.5, 0.6) is 0 Å². The third-order valence-electron chi connectivity index (χ3n) is 3.05. The summed E-state index contributed by atoms with van der Waals surface area (Å²) in [5.74, 6) is -0.524. The summed E-state index contributed by atoms with van der Waals surface area (Å²) in [6.07, 6.45) is 0. The molecule has 22 heavy (non-hydrogen) atoms. The molecule has 0 fully saturated rings. The largest absolute Gasteiger partial charge is 0.342 e. The molecule has 1 heterocycles. The Morgan fingerprint density at radius 2 is 2.05 bits per heavy atom. The van der Waals surface area contributed by atoms with E-state index < -0.39 is 0 Å². The summed E-state index contributed by atoms with van der Waals surface area (Å²) in [6.45, 7) is 0.748. The molecule has 0 saturated heterocycles. The number of thiazole rings is 1. The first kappa shape index (κ1) is 16.1. The van der Waals surface area contributed by atoms with E-state index in [0.717, 1.165) is 5.56 Å². The molecule has 3 N–H and O–H groups in total. The summed E-state index contributed by atoms with van der Waals surface area (Å²) in [7, 11) is 1.71. The smallest absolute Gasteiger partial charge is 0.271 e. The van der Waals surface area contributed by atoms with Gasteiger partial charge in [0.1, 0.15) is 10.7 Å². The van der Waals surface area contributed by atoms with Crippen LogP contribution in [0.25, 0.3) is 0 Å². The van der Waals surface area contributed by atoms with Crippen molar-refractivity contribution in [2.75, 3.05) is 13.6 Å². The molecule has 0 spiro atoms. The summed E-state index contributed by atoms with van der Waals surface area (Å²) in [5.41, 5.74) is 6.79. The quantitative estimate of drug-likeness (QED) is 0.831. The van der Waals surface area contributed by atoms with Gasteiger partial charge in [0.2, 0.25) is 5.91 Å². The first-order valence-electron chi connectivity index (χ1n) is 6.80. The molecule has 0 bridgehead atoms. The van der Waals surface area contributed by atoms with Gasteiger partial charge in [-0.15, -0.1) is 11.3 Å². The lowest BCUT2D eigenvalue weighted by Crippen LogP contribution is -2.37. The Hall–Kier alpha value is -2.25. The number of carbonyl (C=O) groups excluding carboxylic acids is 2. The van der Waals surface area contributed by atoms with E-state index in [0.29, 0.717) is 23.8 Å². The molecule has 2 aromatic rings. The number of carbonyl (C=O) groups is 2. The summed E-state index contributed by atoms with van der Waals surface area (Å²) >= 11 is 1.33. The van der Waals surface area contributed by atoms with Crippen molar-refractivity contribution in [3.63, 3.8) is 0 Å². The Kier molecular flexibility index (Phi) is 5.62. The molecule has 0 aliphatic carbocycles. The zero-order valence-corrected chi connectivity index (χ0v) is 13.1. The van der Waals surface area contributed by atoms with E-state index in [9.17, 15) is 9.59 Å². The molecule has 0 unspecified atom stereocenters. The Labute approximate surface area is 133 Å². The van der Waals surface area contributed by atoms with Gasteiger partial charge in [-0.3, -0.25) is 9.59 Å². The number of aromatic nitrogens is 1. The number of hydrogen-bond donors (Lipinski definition) is 2. The van der Waals surface area contributed by atoms with E-state index in [-0.39, 0.29) is 18.4 Å². The van der Waals surface area contributed by atoms with Crippen molar-refractivity contribution in [3.8, 4) is 0 Å². The molecule has 7 heteroatoms. The van der Waals surface area contributed by atoms with Gasteiger partial charge in [0.15, 0.2) is 0 Å². The fourth-order valence-electron chi connectivity index (χ4n) is 1.84. The van der Waals surface area contributed by atoms with Gasteiger partial charge in [-0.05, 0) is 5.56 Å². The van der Waals surface area contributed by atoms with Crippen molar-refractivity contribution in [1.29, 1.82) is 0 Å². The number of likely N-dealkylation sites (N-methyl/N-ethyl adjacent to an activating group) is 1. The van der Waals surface area contributed by atoms with Crippen LogP contribution < -0.4 is 11.1 Å². The molecule has 0 radical (unpaired) electrons. The van der Waals surface area contributed by atoms with Crippen molar-refractivity contribution in [2.24, 2.45) is 5.73 Å². The van der Waals surface area contributed by atoms with Crippen molar-refractivity contribution in [2.45, 2.75) is 13.1 Å². The number of hydrogen-bond acceptors (Lipinski definition) is 5. The van der Waals surface area contributed by atoms with Crippen molar-refractivity contribution >= 4 is 23.2 Å². The van der Waals surface area contributed by atoms with E-state index in [4.69, 9.17) is 5.73 Å². The van der Waals surface area contributed by atoms with E-state index >= 15 is 0 Å². The van der Waals surface area contributed by atoms with E-state index in [1.807, 2.05) is 30.3 Å². The second-order valence-corrected chi connectivity index (χ2v) is 5.69. The molecular formula is C15H18N4O2S. The zero-order valence-electron chi connectivity index (χ0n) is 12.3. The van der Waals surface area contributed by atoms with E-state index in [1.54, 1.807) is 17.3 Å². The topological polar surface area (TPSA) is 88.3 Å². The monoisotopic (exact) mass is 318 g/mol. The number of nitrogens with zero attached hydrogens (tertiary/aromatic N) is 2. The SMILES string of the molecule is CN(Cc1ccccc1)C(=O)CNC(=O)c1csc(CN)n1. The minimum Gasteiger partial charge on any atom is -0.342 e. The normalized spacial score (nSPS) is 10.3. The second kappa shape index (κ2) is 7.67. The number of rotatable bonds is 6. The zero-order chi connectivity index (χ0) is 15.9. The maximum absolute atomic E-state index is 12.0. The Balaban J connectivity index is 1.82. The van der Waals surface area contributed by atoms with Crippen LogP contribution >= 0.6 is 11.3 Å². The average molecular weight is 318 g/mol. The Bertz CT molecular complexity index is 642. The van der Waals surface area contributed by atoms with Gasteiger partial charge in [-0.1, -0.05) is 30.3 Å². The lowest BCUT2D eigenvalue weighted by molar-refractivity contribution is -0.129. The van der Waals surface area contributed by atoms with Gasteiger partial charge in [0.25, 0.3) is 5.91 Å². The maximum Gasteiger partial charge on any atom is 0.271 e. The summed E-state index contributed by atoms with van der Waals surface area (Å²) in [5, 5.41) is 4.90.